The van der Waals surface area contributed by atoms with Crippen LogP contribution in [0.2, 0.25) is 0 Å². The summed E-state index contributed by atoms with van der Waals surface area (Å²) < 4.78 is 0. The summed E-state index contributed by atoms with van der Waals surface area (Å²) in [5.74, 6) is 0.926. The zero-order valence-electron chi connectivity index (χ0n) is 16.9. The fourth-order valence-electron chi connectivity index (χ4n) is 4.93. The van der Waals surface area contributed by atoms with Gasteiger partial charge in [0.15, 0.2) is 0 Å². The normalized spacial score (nSPS) is 25.1. The second-order valence-electron chi connectivity index (χ2n) is 8.76. The van der Waals surface area contributed by atoms with Gasteiger partial charge in [-0.3, -0.25) is 9.69 Å². The molecule has 154 valence electrons. The summed E-state index contributed by atoms with van der Waals surface area (Å²) in [4.78, 5) is 22.7. The smallest absolute Gasteiger partial charge is 0.252 e. The molecule has 6 nitrogen and oxygen atoms in total. The second kappa shape index (κ2) is 7.92. The average molecular weight is 395 g/mol. The van der Waals surface area contributed by atoms with Gasteiger partial charge in [-0.2, -0.15) is 0 Å². The predicted octanol–water partition coefficient (Wildman–Crippen LogP) is 2.55. The molecule has 2 unspecified atom stereocenters. The maximum atomic E-state index is 12.9. The van der Waals surface area contributed by atoms with Crippen molar-refractivity contribution in [3.05, 3.63) is 35.9 Å². The first-order valence-corrected chi connectivity index (χ1v) is 11.0. The fourth-order valence-corrected chi connectivity index (χ4v) is 4.93. The van der Waals surface area contributed by atoms with E-state index < -0.39 is 0 Å². The molecular weight excluding hydrogens is 364 g/mol. The van der Waals surface area contributed by atoms with Crippen LogP contribution in [-0.4, -0.2) is 65.3 Å². The lowest BCUT2D eigenvalue weighted by atomic mass is 10.1. The van der Waals surface area contributed by atoms with Gasteiger partial charge in [-0.15, -0.1) is 0 Å². The Kier molecular flexibility index (Phi) is 5.14. The highest BCUT2D eigenvalue weighted by atomic mass is 16.3. The van der Waals surface area contributed by atoms with E-state index >= 15 is 0 Å². The molecule has 2 aliphatic heterocycles. The molecule has 1 aromatic carbocycles. The van der Waals surface area contributed by atoms with E-state index in [2.05, 4.69) is 15.1 Å². The molecule has 29 heavy (non-hydrogen) atoms. The number of fused-ring (bicyclic) bond motifs is 1. The van der Waals surface area contributed by atoms with Gasteiger partial charge < -0.3 is 15.3 Å². The molecule has 2 atom stereocenters. The number of likely N-dealkylation sites (tertiary alicyclic amines) is 1. The van der Waals surface area contributed by atoms with Crippen molar-refractivity contribution in [1.82, 2.24) is 15.2 Å². The average Bonchev–Trinajstić information content (AvgIpc) is 3.25. The molecule has 0 bridgehead atoms. The first-order chi connectivity index (χ1) is 14.2. The van der Waals surface area contributed by atoms with Crippen molar-refractivity contribution in [2.75, 3.05) is 31.1 Å². The van der Waals surface area contributed by atoms with E-state index in [1.54, 1.807) is 0 Å². The molecule has 3 aliphatic rings. The van der Waals surface area contributed by atoms with Crippen molar-refractivity contribution >= 4 is 22.6 Å². The molecule has 0 spiro atoms. The van der Waals surface area contributed by atoms with E-state index in [4.69, 9.17) is 4.98 Å². The van der Waals surface area contributed by atoms with Crippen molar-refractivity contribution in [1.29, 1.82) is 0 Å². The largest absolute Gasteiger partial charge is 0.395 e. The molecule has 2 aromatic rings. The lowest BCUT2D eigenvalue weighted by Gasteiger charge is -2.32. The number of carbonyl (C=O) groups excluding carboxylic acids is 1. The third-order valence-electron chi connectivity index (χ3n) is 6.69. The minimum Gasteiger partial charge on any atom is -0.395 e. The molecule has 0 radical (unpaired) electrons. The molecule has 1 aliphatic carbocycles. The highest BCUT2D eigenvalue weighted by Crippen LogP contribution is 2.31. The van der Waals surface area contributed by atoms with Crippen LogP contribution in [0.25, 0.3) is 10.9 Å². The maximum absolute atomic E-state index is 12.9. The standard InChI is InChI=1S/C23H30N4O2/c28-15-18-6-3-11-26(18)14-17-5-4-12-27(17)22-13-20(23(29)24-16-9-10-16)19-7-1-2-8-21(19)25-22/h1-2,7-8,13,16-18,28H,3-6,9-12,14-15H2,(H,24,29). The number of aliphatic hydroxyl groups is 1. The number of aromatic nitrogens is 1. The lowest BCUT2D eigenvalue weighted by Crippen LogP contribution is -2.43. The number of aliphatic hydroxyl groups excluding tert-OH is 1. The number of nitrogens with zero attached hydrogens (tertiary/aromatic N) is 3. The van der Waals surface area contributed by atoms with Crippen LogP contribution >= 0.6 is 0 Å². The van der Waals surface area contributed by atoms with Crippen LogP contribution < -0.4 is 10.2 Å². The van der Waals surface area contributed by atoms with Gasteiger partial charge in [-0.1, -0.05) is 18.2 Å². The van der Waals surface area contributed by atoms with Crippen LogP contribution in [-0.2, 0) is 0 Å². The molecule has 2 saturated heterocycles. The second-order valence-corrected chi connectivity index (χ2v) is 8.76. The number of nitrogens with one attached hydrogen (secondary N) is 1. The molecule has 5 rings (SSSR count). The van der Waals surface area contributed by atoms with E-state index in [1.807, 2.05) is 30.3 Å². The first kappa shape index (κ1) is 18.8. The summed E-state index contributed by atoms with van der Waals surface area (Å²) in [7, 11) is 0. The molecule has 6 heteroatoms. The third kappa shape index (κ3) is 3.83. The van der Waals surface area contributed by atoms with E-state index in [0.717, 1.165) is 80.4 Å². The maximum Gasteiger partial charge on any atom is 0.252 e. The lowest BCUT2D eigenvalue weighted by molar-refractivity contribution is 0.0952. The molecule has 1 amide bonds. The Morgan fingerprint density at radius 1 is 1.10 bits per heavy atom. The summed E-state index contributed by atoms with van der Waals surface area (Å²) in [6, 6.07) is 11.0. The van der Waals surface area contributed by atoms with Gasteiger partial charge in [0, 0.05) is 36.6 Å². The fraction of sp³-hybridized carbons (Fsp3) is 0.565. The highest BCUT2D eigenvalue weighted by molar-refractivity contribution is 6.07. The summed E-state index contributed by atoms with van der Waals surface area (Å²) >= 11 is 0. The van der Waals surface area contributed by atoms with Crippen LogP contribution in [0, 0.1) is 0 Å². The quantitative estimate of drug-likeness (QED) is 0.788. The summed E-state index contributed by atoms with van der Waals surface area (Å²) in [6.45, 7) is 3.24. The topological polar surface area (TPSA) is 68.7 Å². The molecule has 1 aromatic heterocycles. The third-order valence-corrected chi connectivity index (χ3v) is 6.69. The Balaban J connectivity index is 1.44. The van der Waals surface area contributed by atoms with E-state index in [9.17, 15) is 9.90 Å². The van der Waals surface area contributed by atoms with Crippen molar-refractivity contribution in [2.24, 2.45) is 0 Å². The van der Waals surface area contributed by atoms with Gasteiger partial charge >= 0.3 is 0 Å². The molecule has 3 fully saturated rings. The molecule has 2 N–H and O–H groups in total. The Hall–Kier alpha value is -2.18. The van der Waals surface area contributed by atoms with Gasteiger partial charge in [-0.05, 0) is 57.2 Å². The number of pyridine rings is 1. The number of benzene rings is 1. The van der Waals surface area contributed by atoms with Gasteiger partial charge in [0.25, 0.3) is 5.91 Å². The monoisotopic (exact) mass is 394 g/mol. The van der Waals surface area contributed by atoms with Crippen LogP contribution in [0.4, 0.5) is 5.82 Å². The molecular formula is C23H30N4O2. The number of amides is 1. The van der Waals surface area contributed by atoms with Crippen LogP contribution in [0.1, 0.15) is 48.9 Å². The Labute approximate surface area is 171 Å². The Bertz CT molecular complexity index is 898. The zero-order chi connectivity index (χ0) is 19.8. The summed E-state index contributed by atoms with van der Waals surface area (Å²) in [5.41, 5.74) is 1.61. The van der Waals surface area contributed by atoms with E-state index in [1.165, 1.54) is 0 Å². The number of rotatable bonds is 6. The van der Waals surface area contributed by atoms with Crippen molar-refractivity contribution in [3.8, 4) is 0 Å². The van der Waals surface area contributed by atoms with Crippen LogP contribution in [0.3, 0.4) is 0 Å². The van der Waals surface area contributed by atoms with Crippen molar-refractivity contribution in [2.45, 2.75) is 56.7 Å². The number of para-hydroxylation sites is 1. The first-order valence-electron chi connectivity index (χ1n) is 11.0. The van der Waals surface area contributed by atoms with Crippen LogP contribution in [0.15, 0.2) is 30.3 Å². The van der Waals surface area contributed by atoms with E-state index in [-0.39, 0.29) is 12.5 Å². The Morgan fingerprint density at radius 2 is 1.90 bits per heavy atom. The highest BCUT2D eigenvalue weighted by Gasteiger charge is 2.33. The number of hydrogen-bond acceptors (Lipinski definition) is 5. The predicted molar refractivity (Wildman–Crippen MR) is 114 cm³/mol. The number of anilines is 1. The Morgan fingerprint density at radius 3 is 2.72 bits per heavy atom. The van der Waals surface area contributed by atoms with Gasteiger partial charge in [0.05, 0.1) is 17.7 Å². The SMILES string of the molecule is O=C(NC1CC1)c1cc(N2CCCC2CN2CCCC2CO)nc2ccccc12. The van der Waals surface area contributed by atoms with Gasteiger partial charge in [0.2, 0.25) is 0 Å². The van der Waals surface area contributed by atoms with Crippen molar-refractivity contribution < 1.29 is 9.90 Å². The zero-order valence-corrected chi connectivity index (χ0v) is 16.9. The van der Waals surface area contributed by atoms with Gasteiger partial charge in [0.1, 0.15) is 5.82 Å². The summed E-state index contributed by atoms with van der Waals surface area (Å²) in [6.07, 6.45) is 6.68. The number of carbonyl (C=O) groups is 1. The summed E-state index contributed by atoms with van der Waals surface area (Å²) in [5, 5.41) is 13.7. The molecule has 3 heterocycles. The van der Waals surface area contributed by atoms with Crippen molar-refractivity contribution in [3.63, 3.8) is 0 Å². The van der Waals surface area contributed by atoms with Gasteiger partial charge in [-0.25, -0.2) is 4.98 Å². The molecule has 1 saturated carbocycles. The number of hydrogen-bond donors (Lipinski definition) is 2. The van der Waals surface area contributed by atoms with E-state index in [0.29, 0.717) is 18.1 Å². The minimum atomic E-state index is 0.0167. The van der Waals surface area contributed by atoms with Crippen LogP contribution in [0.5, 0.6) is 0 Å². The minimum absolute atomic E-state index is 0.0167.